The van der Waals surface area contributed by atoms with Crippen LogP contribution < -0.4 is 10.1 Å². The lowest BCUT2D eigenvalue weighted by Crippen LogP contribution is -2.31. The Balaban J connectivity index is 1.80. The lowest BCUT2D eigenvalue weighted by molar-refractivity contribution is 0.272. The minimum Gasteiger partial charge on any atom is -0.492 e. The van der Waals surface area contributed by atoms with Crippen LogP contribution in [0.4, 0.5) is 0 Å². The molecule has 0 aromatic heterocycles. The summed E-state index contributed by atoms with van der Waals surface area (Å²) in [5.41, 5.74) is 5.25. The van der Waals surface area contributed by atoms with Crippen LogP contribution in [0, 0.1) is 20.8 Å². The van der Waals surface area contributed by atoms with Crippen molar-refractivity contribution in [1.29, 1.82) is 0 Å². The van der Waals surface area contributed by atoms with Crippen LogP contribution in [-0.2, 0) is 6.54 Å². The number of hydrogen-bond acceptors (Lipinski definition) is 2. The zero-order valence-electron chi connectivity index (χ0n) is 13.4. The minimum atomic E-state index is 0.311. The van der Waals surface area contributed by atoms with Gasteiger partial charge in [0.2, 0.25) is 0 Å². The highest BCUT2D eigenvalue weighted by Gasteiger charge is 2.05. The predicted octanol–water partition coefficient (Wildman–Crippen LogP) is 4.17. The molecule has 0 amide bonds. The van der Waals surface area contributed by atoms with Crippen molar-refractivity contribution < 1.29 is 4.74 Å². The molecule has 0 aliphatic carbocycles. The third-order valence-corrected chi connectivity index (χ3v) is 3.67. The number of nitrogens with one attached hydrogen (secondary N) is 1. The molecular weight excluding hydrogens is 258 g/mol. The maximum Gasteiger partial charge on any atom is 0.119 e. The highest BCUT2D eigenvalue weighted by Crippen LogP contribution is 2.12. The monoisotopic (exact) mass is 283 g/mol. The summed E-state index contributed by atoms with van der Waals surface area (Å²) >= 11 is 0. The molecule has 1 atom stereocenters. The molecule has 0 saturated heterocycles. The smallest absolute Gasteiger partial charge is 0.119 e. The van der Waals surface area contributed by atoms with E-state index in [1.165, 1.54) is 22.3 Å². The number of benzene rings is 2. The molecule has 0 bridgehead atoms. The van der Waals surface area contributed by atoms with E-state index in [4.69, 9.17) is 4.74 Å². The summed E-state index contributed by atoms with van der Waals surface area (Å²) in [4.78, 5) is 0. The lowest BCUT2D eigenvalue weighted by Gasteiger charge is -2.16. The van der Waals surface area contributed by atoms with Crippen molar-refractivity contribution in [3.05, 3.63) is 64.7 Å². The third kappa shape index (κ3) is 4.91. The molecule has 0 aliphatic heterocycles. The van der Waals surface area contributed by atoms with Crippen molar-refractivity contribution in [1.82, 2.24) is 5.32 Å². The van der Waals surface area contributed by atoms with Gasteiger partial charge in [-0.2, -0.15) is 0 Å². The fourth-order valence-corrected chi connectivity index (χ4v) is 2.19. The Morgan fingerprint density at radius 1 is 0.952 bits per heavy atom. The van der Waals surface area contributed by atoms with Crippen molar-refractivity contribution in [3.8, 4) is 5.75 Å². The molecule has 21 heavy (non-hydrogen) atoms. The van der Waals surface area contributed by atoms with Gasteiger partial charge in [0.05, 0.1) is 0 Å². The molecule has 0 saturated carbocycles. The van der Waals surface area contributed by atoms with E-state index < -0.39 is 0 Å². The number of hydrogen-bond donors (Lipinski definition) is 1. The Morgan fingerprint density at radius 2 is 1.62 bits per heavy atom. The van der Waals surface area contributed by atoms with Crippen LogP contribution in [0.15, 0.2) is 42.5 Å². The zero-order valence-corrected chi connectivity index (χ0v) is 13.4. The van der Waals surface area contributed by atoms with Gasteiger partial charge < -0.3 is 10.1 Å². The standard InChI is InChI=1S/C19H25NO/c1-14-6-9-19(10-7-14)21-13-17(4)20-12-18-11-15(2)5-8-16(18)3/h5-11,17,20H,12-13H2,1-4H3. The molecule has 1 unspecified atom stereocenters. The molecule has 0 radical (unpaired) electrons. The molecule has 1 N–H and O–H groups in total. The van der Waals surface area contributed by atoms with E-state index in [2.05, 4.69) is 63.3 Å². The van der Waals surface area contributed by atoms with Crippen molar-refractivity contribution >= 4 is 0 Å². The van der Waals surface area contributed by atoms with E-state index in [0.29, 0.717) is 12.6 Å². The Hall–Kier alpha value is -1.80. The first-order valence-electron chi connectivity index (χ1n) is 7.53. The number of aryl methyl sites for hydroxylation is 3. The Bertz CT molecular complexity index is 575. The largest absolute Gasteiger partial charge is 0.492 e. The molecule has 2 aromatic carbocycles. The molecule has 2 heteroatoms. The van der Waals surface area contributed by atoms with E-state index in [1.807, 2.05) is 12.1 Å². The lowest BCUT2D eigenvalue weighted by atomic mass is 10.1. The average molecular weight is 283 g/mol. The molecule has 0 heterocycles. The molecular formula is C19H25NO. The van der Waals surface area contributed by atoms with Crippen LogP contribution in [0.25, 0.3) is 0 Å². The van der Waals surface area contributed by atoms with Crippen LogP contribution in [0.5, 0.6) is 5.75 Å². The van der Waals surface area contributed by atoms with Gasteiger partial charge in [0.1, 0.15) is 12.4 Å². The van der Waals surface area contributed by atoms with E-state index in [-0.39, 0.29) is 0 Å². The normalized spacial score (nSPS) is 12.2. The Morgan fingerprint density at radius 3 is 2.33 bits per heavy atom. The summed E-state index contributed by atoms with van der Waals surface area (Å²) < 4.78 is 5.80. The first kappa shape index (κ1) is 15.6. The predicted molar refractivity (Wildman–Crippen MR) is 88.9 cm³/mol. The SMILES string of the molecule is Cc1ccc(OCC(C)NCc2cc(C)ccc2C)cc1. The summed E-state index contributed by atoms with van der Waals surface area (Å²) in [5, 5.41) is 3.52. The minimum absolute atomic E-state index is 0.311. The fraction of sp³-hybridized carbons (Fsp3) is 0.368. The van der Waals surface area contributed by atoms with Crippen molar-refractivity contribution in [2.45, 2.75) is 40.3 Å². The highest BCUT2D eigenvalue weighted by molar-refractivity contribution is 5.30. The highest BCUT2D eigenvalue weighted by atomic mass is 16.5. The molecule has 2 nitrogen and oxygen atoms in total. The second-order valence-electron chi connectivity index (χ2n) is 5.84. The van der Waals surface area contributed by atoms with Crippen molar-refractivity contribution in [3.63, 3.8) is 0 Å². The van der Waals surface area contributed by atoms with Crippen LogP contribution in [0.1, 0.15) is 29.2 Å². The average Bonchev–Trinajstić information content (AvgIpc) is 2.47. The second kappa shape index (κ2) is 7.28. The van der Waals surface area contributed by atoms with Crippen LogP contribution in [0.3, 0.4) is 0 Å². The van der Waals surface area contributed by atoms with E-state index in [1.54, 1.807) is 0 Å². The maximum atomic E-state index is 5.80. The fourth-order valence-electron chi connectivity index (χ4n) is 2.19. The van der Waals surface area contributed by atoms with Gasteiger partial charge in [-0.05, 0) is 51.0 Å². The summed E-state index contributed by atoms with van der Waals surface area (Å²) in [5.74, 6) is 0.931. The number of rotatable bonds is 6. The van der Waals surface area contributed by atoms with Crippen LogP contribution in [-0.4, -0.2) is 12.6 Å². The van der Waals surface area contributed by atoms with Gasteiger partial charge in [-0.25, -0.2) is 0 Å². The molecule has 2 aromatic rings. The molecule has 0 aliphatic rings. The van der Waals surface area contributed by atoms with Gasteiger partial charge in [0, 0.05) is 12.6 Å². The first-order chi connectivity index (χ1) is 10.0. The van der Waals surface area contributed by atoms with Gasteiger partial charge >= 0.3 is 0 Å². The molecule has 0 spiro atoms. The van der Waals surface area contributed by atoms with Crippen LogP contribution >= 0.6 is 0 Å². The summed E-state index contributed by atoms with van der Waals surface area (Å²) in [6.07, 6.45) is 0. The van der Waals surface area contributed by atoms with E-state index in [0.717, 1.165) is 12.3 Å². The molecule has 0 fully saturated rings. The first-order valence-corrected chi connectivity index (χ1v) is 7.53. The van der Waals surface area contributed by atoms with Gasteiger partial charge in [-0.15, -0.1) is 0 Å². The van der Waals surface area contributed by atoms with Crippen molar-refractivity contribution in [2.75, 3.05) is 6.61 Å². The Kier molecular flexibility index (Phi) is 5.40. The topological polar surface area (TPSA) is 21.3 Å². The van der Waals surface area contributed by atoms with Gasteiger partial charge in [-0.1, -0.05) is 41.5 Å². The van der Waals surface area contributed by atoms with Gasteiger partial charge in [-0.3, -0.25) is 0 Å². The molecule has 2 rings (SSSR count). The maximum absolute atomic E-state index is 5.80. The summed E-state index contributed by atoms with van der Waals surface area (Å²) in [7, 11) is 0. The number of ether oxygens (including phenoxy) is 1. The second-order valence-corrected chi connectivity index (χ2v) is 5.84. The summed E-state index contributed by atoms with van der Waals surface area (Å²) in [6.45, 7) is 10.1. The third-order valence-electron chi connectivity index (χ3n) is 3.67. The van der Waals surface area contributed by atoms with Gasteiger partial charge in [0.25, 0.3) is 0 Å². The van der Waals surface area contributed by atoms with E-state index >= 15 is 0 Å². The van der Waals surface area contributed by atoms with E-state index in [9.17, 15) is 0 Å². The summed E-state index contributed by atoms with van der Waals surface area (Å²) in [6, 6.07) is 15.1. The quantitative estimate of drug-likeness (QED) is 0.859. The Labute approximate surface area is 128 Å². The zero-order chi connectivity index (χ0) is 15.2. The molecule has 112 valence electrons. The van der Waals surface area contributed by atoms with Crippen molar-refractivity contribution in [2.24, 2.45) is 0 Å². The van der Waals surface area contributed by atoms with Gasteiger partial charge in [0.15, 0.2) is 0 Å². The van der Waals surface area contributed by atoms with Crippen LogP contribution in [0.2, 0.25) is 0 Å².